The summed E-state index contributed by atoms with van der Waals surface area (Å²) in [5.74, 6) is 1.25. The Labute approximate surface area is 209 Å². The first-order chi connectivity index (χ1) is 15.9. The van der Waals surface area contributed by atoms with Crippen molar-refractivity contribution in [2.75, 3.05) is 6.61 Å². The van der Waals surface area contributed by atoms with Crippen LogP contribution in [0.2, 0.25) is 36.1 Å². The van der Waals surface area contributed by atoms with Crippen LogP contribution in [0, 0.1) is 0 Å². The largest absolute Gasteiger partial charge is 0.411 e. The summed E-state index contributed by atoms with van der Waals surface area (Å²) < 4.78 is 32.9. The van der Waals surface area contributed by atoms with E-state index in [9.17, 15) is 0 Å². The number of hydrogen-bond acceptors (Lipinski definition) is 5. The van der Waals surface area contributed by atoms with E-state index in [1.54, 1.807) is 0 Å². The van der Waals surface area contributed by atoms with Crippen molar-refractivity contribution >= 4 is 15.0 Å². The van der Waals surface area contributed by atoms with E-state index in [1.165, 1.54) is 44.8 Å². The van der Waals surface area contributed by atoms with E-state index in [1.807, 2.05) is 13.8 Å². The molecule has 0 aromatic rings. The molecule has 0 spiro atoms. The second kappa shape index (κ2) is 9.43. The predicted molar refractivity (Wildman–Crippen MR) is 139 cm³/mol. The highest BCUT2D eigenvalue weighted by Crippen LogP contribution is 2.50. The van der Waals surface area contributed by atoms with Crippen LogP contribution in [0.5, 0.6) is 0 Å². The minimum atomic E-state index is -1.92. The van der Waals surface area contributed by atoms with Crippen molar-refractivity contribution in [3.63, 3.8) is 0 Å². The maximum Gasteiger partial charge on any atom is 0.192 e. The van der Waals surface area contributed by atoms with Gasteiger partial charge in [-0.25, -0.2) is 0 Å². The Kier molecular flexibility index (Phi) is 7.14. The summed E-state index contributed by atoms with van der Waals surface area (Å²) in [5, 5.41) is 0.185. The van der Waals surface area contributed by atoms with Crippen molar-refractivity contribution in [2.45, 2.75) is 164 Å². The van der Waals surface area contributed by atoms with Gasteiger partial charge < -0.3 is 23.4 Å². The lowest BCUT2D eigenvalue weighted by Crippen LogP contribution is -2.62. The Bertz CT molecular complexity index is 702. The maximum absolute atomic E-state index is 7.11. The lowest BCUT2D eigenvalue weighted by atomic mass is 9.25. The molecule has 34 heavy (non-hydrogen) atoms. The summed E-state index contributed by atoms with van der Waals surface area (Å²) in [7, 11) is -1.92. The van der Waals surface area contributed by atoms with Gasteiger partial charge in [-0.05, 0) is 38.3 Å². The first kappa shape index (κ1) is 25.7. The average Bonchev–Trinajstić information content (AvgIpc) is 2.71. The van der Waals surface area contributed by atoms with Gasteiger partial charge in [-0.15, -0.1) is 0 Å². The number of ether oxygens (including phenoxy) is 4. The quantitative estimate of drug-likeness (QED) is 0.422. The van der Waals surface area contributed by atoms with Crippen LogP contribution >= 0.6 is 0 Å². The molecule has 0 aliphatic carbocycles. The van der Waals surface area contributed by atoms with Crippen molar-refractivity contribution in [2.24, 2.45) is 0 Å². The van der Waals surface area contributed by atoms with Gasteiger partial charge in [0.15, 0.2) is 14.1 Å². The van der Waals surface area contributed by atoms with Crippen LogP contribution in [0.1, 0.15) is 86.0 Å². The Morgan fingerprint density at radius 1 is 0.882 bits per heavy atom. The second-order valence-corrected chi connectivity index (χ2v) is 18.7. The third-order valence-corrected chi connectivity index (χ3v) is 14.7. The highest BCUT2D eigenvalue weighted by molar-refractivity contribution is 6.74. The molecule has 194 valence electrons. The van der Waals surface area contributed by atoms with Gasteiger partial charge in [0, 0.05) is 12.8 Å². The molecule has 5 saturated heterocycles. The van der Waals surface area contributed by atoms with Crippen molar-refractivity contribution < 1.29 is 23.4 Å². The predicted octanol–water partition coefficient (Wildman–Crippen LogP) is 6.45. The van der Waals surface area contributed by atoms with Gasteiger partial charge in [0.25, 0.3) is 0 Å². The number of hydrogen-bond donors (Lipinski definition) is 0. The summed E-state index contributed by atoms with van der Waals surface area (Å²) >= 11 is 0. The SMILES string of the molecule is CC1(C)OC[C@H]2O[C@H]3C[C@@H](O[Si](C)(C)C(C)(C)C)C(CB4C5CCCC4CCC5)O[C@@H]3C[C@@H]2O1. The zero-order valence-electron chi connectivity index (χ0n) is 22.8. The van der Waals surface area contributed by atoms with E-state index >= 15 is 0 Å². The smallest absolute Gasteiger partial charge is 0.192 e. The molecule has 0 radical (unpaired) electrons. The molecule has 0 aromatic carbocycles. The molecule has 7 heteroatoms. The average molecular weight is 493 g/mol. The van der Waals surface area contributed by atoms with Gasteiger partial charge in [0.05, 0.1) is 37.1 Å². The van der Waals surface area contributed by atoms with Crippen LogP contribution in [-0.2, 0) is 23.4 Å². The third kappa shape index (κ3) is 5.22. The molecular formula is C27H49BO5Si. The minimum absolute atomic E-state index is 0.000600. The molecule has 6 atom stereocenters. The second-order valence-electron chi connectivity index (χ2n) is 14.0. The lowest BCUT2D eigenvalue weighted by Gasteiger charge is -2.53. The molecule has 5 aliphatic rings. The molecule has 1 unspecified atom stereocenters. The lowest BCUT2D eigenvalue weighted by molar-refractivity contribution is -0.347. The van der Waals surface area contributed by atoms with Crippen LogP contribution < -0.4 is 0 Å². The van der Waals surface area contributed by atoms with Crippen LogP contribution in [-0.4, -0.2) is 64.0 Å². The minimum Gasteiger partial charge on any atom is -0.411 e. The molecule has 0 amide bonds. The highest BCUT2D eigenvalue weighted by atomic mass is 28.4. The molecule has 5 heterocycles. The highest BCUT2D eigenvalue weighted by Gasteiger charge is 2.52. The van der Waals surface area contributed by atoms with Gasteiger partial charge in [-0.1, -0.05) is 70.9 Å². The fourth-order valence-corrected chi connectivity index (χ4v) is 8.64. The van der Waals surface area contributed by atoms with Crippen LogP contribution in [0.25, 0.3) is 0 Å². The molecule has 5 fully saturated rings. The monoisotopic (exact) mass is 492 g/mol. The maximum atomic E-state index is 7.11. The van der Waals surface area contributed by atoms with Gasteiger partial charge in [-0.3, -0.25) is 0 Å². The summed E-state index contributed by atoms with van der Waals surface area (Å²) in [6.45, 7) is 17.2. The molecular weight excluding hydrogens is 443 g/mol. The van der Waals surface area contributed by atoms with E-state index in [0.717, 1.165) is 31.2 Å². The Morgan fingerprint density at radius 3 is 2.12 bits per heavy atom. The van der Waals surface area contributed by atoms with Crippen LogP contribution in [0.3, 0.4) is 0 Å². The van der Waals surface area contributed by atoms with Gasteiger partial charge >= 0.3 is 0 Å². The molecule has 0 saturated carbocycles. The Balaban J connectivity index is 1.34. The molecule has 0 aromatic heterocycles. The number of fused-ring (bicyclic) bond motifs is 4. The number of rotatable bonds is 4. The fourth-order valence-electron chi connectivity index (χ4n) is 7.28. The molecule has 0 N–H and O–H groups in total. The van der Waals surface area contributed by atoms with Crippen LogP contribution in [0.15, 0.2) is 0 Å². The fraction of sp³-hybridized carbons (Fsp3) is 1.00. The zero-order valence-corrected chi connectivity index (χ0v) is 23.8. The summed E-state index contributed by atoms with van der Waals surface area (Å²) in [5.41, 5.74) is 0. The Hall–Kier alpha value is 0.0818. The molecule has 5 nitrogen and oxygen atoms in total. The van der Waals surface area contributed by atoms with E-state index < -0.39 is 14.1 Å². The summed E-state index contributed by atoms with van der Waals surface area (Å²) in [6, 6.07) is 0. The van der Waals surface area contributed by atoms with Crippen molar-refractivity contribution in [3.05, 3.63) is 0 Å². The summed E-state index contributed by atoms with van der Waals surface area (Å²) in [6.07, 6.45) is 12.1. The molecule has 2 bridgehead atoms. The third-order valence-electron chi connectivity index (χ3n) is 10.2. The molecule has 5 rings (SSSR count). The van der Waals surface area contributed by atoms with E-state index in [4.69, 9.17) is 23.4 Å². The van der Waals surface area contributed by atoms with E-state index in [2.05, 4.69) is 33.9 Å². The van der Waals surface area contributed by atoms with Gasteiger partial charge in [-0.2, -0.15) is 0 Å². The van der Waals surface area contributed by atoms with Gasteiger partial charge in [0.2, 0.25) is 0 Å². The Morgan fingerprint density at radius 2 is 1.50 bits per heavy atom. The topological polar surface area (TPSA) is 46.2 Å². The van der Waals surface area contributed by atoms with Crippen molar-refractivity contribution in [3.8, 4) is 0 Å². The normalized spacial score (nSPS) is 42.6. The first-order valence-corrected chi connectivity index (χ1v) is 17.1. The molecule has 5 aliphatic heterocycles. The zero-order chi connectivity index (χ0) is 24.3. The van der Waals surface area contributed by atoms with Crippen molar-refractivity contribution in [1.29, 1.82) is 0 Å². The van der Waals surface area contributed by atoms with E-state index in [0.29, 0.717) is 6.61 Å². The summed E-state index contributed by atoms with van der Waals surface area (Å²) in [4.78, 5) is 0. The van der Waals surface area contributed by atoms with Gasteiger partial charge in [0.1, 0.15) is 12.8 Å². The van der Waals surface area contributed by atoms with Crippen LogP contribution in [0.4, 0.5) is 0 Å². The standard InChI is InChI=1S/C27H49BO5Si/c1-26(2,3)34(6,7)33-23-15-21-20(14-22-25(31-21)17-29-27(4,5)32-22)30-24(23)16-28-18-10-8-11-19(28)13-9-12-18/h18-25H,8-17H2,1-7H3/t18?,19?,20-,21+,22+,23-,24?,25-/m1/s1. The van der Waals surface area contributed by atoms with Crippen molar-refractivity contribution in [1.82, 2.24) is 0 Å². The first-order valence-electron chi connectivity index (χ1n) is 14.2. The van der Waals surface area contributed by atoms with E-state index in [-0.39, 0.29) is 41.7 Å².